The standard InChI is InChI=1S/C26H30F2N4O4S/c1-16(2)12-17(3)31-8-10-32(11-9-31)25-15-21(26(33)34)20-13-18(4-7-24(20)29-25)30-37(35,36)19-5-6-22(27)23(28)14-19/h4-7,13-17,30H,8-12H2,1-3H3,(H,33,34). The highest BCUT2D eigenvalue weighted by Crippen LogP contribution is 2.28. The van der Waals surface area contributed by atoms with Crippen LogP contribution in [0.1, 0.15) is 37.6 Å². The van der Waals surface area contributed by atoms with E-state index in [-0.39, 0.29) is 16.6 Å². The van der Waals surface area contributed by atoms with Gasteiger partial charge in [-0.15, -0.1) is 0 Å². The molecule has 0 bridgehead atoms. The molecule has 2 heterocycles. The number of hydrogen-bond donors (Lipinski definition) is 2. The number of aromatic nitrogens is 1. The van der Waals surface area contributed by atoms with E-state index < -0.39 is 32.5 Å². The second-order valence-corrected chi connectivity index (χ2v) is 11.4. The van der Waals surface area contributed by atoms with Crippen LogP contribution in [0.3, 0.4) is 0 Å². The van der Waals surface area contributed by atoms with Gasteiger partial charge >= 0.3 is 5.97 Å². The number of carbonyl (C=O) groups is 1. The van der Waals surface area contributed by atoms with E-state index in [4.69, 9.17) is 0 Å². The number of sulfonamides is 1. The van der Waals surface area contributed by atoms with Crippen molar-refractivity contribution in [3.63, 3.8) is 0 Å². The Kier molecular flexibility index (Phi) is 7.65. The molecular weight excluding hydrogens is 502 g/mol. The molecule has 37 heavy (non-hydrogen) atoms. The number of pyridine rings is 1. The van der Waals surface area contributed by atoms with Gasteiger partial charge in [-0.25, -0.2) is 27.0 Å². The highest BCUT2D eigenvalue weighted by atomic mass is 32.2. The predicted molar refractivity (Wildman–Crippen MR) is 139 cm³/mol. The lowest BCUT2D eigenvalue weighted by Crippen LogP contribution is -2.50. The summed E-state index contributed by atoms with van der Waals surface area (Å²) in [4.78, 5) is 20.8. The number of anilines is 2. The number of rotatable bonds is 8. The van der Waals surface area contributed by atoms with E-state index in [1.165, 1.54) is 24.3 Å². The highest BCUT2D eigenvalue weighted by molar-refractivity contribution is 7.92. The molecule has 0 radical (unpaired) electrons. The van der Waals surface area contributed by atoms with Crippen LogP contribution in [-0.2, 0) is 10.0 Å². The van der Waals surface area contributed by atoms with E-state index in [1.54, 1.807) is 0 Å². The zero-order chi connectivity index (χ0) is 26.9. The summed E-state index contributed by atoms with van der Waals surface area (Å²) in [6, 6.07) is 8.59. The van der Waals surface area contributed by atoms with E-state index in [1.807, 2.05) is 0 Å². The van der Waals surface area contributed by atoms with E-state index in [2.05, 4.69) is 40.3 Å². The largest absolute Gasteiger partial charge is 0.478 e. The zero-order valence-electron chi connectivity index (χ0n) is 20.9. The van der Waals surface area contributed by atoms with Gasteiger partial charge in [-0.3, -0.25) is 9.62 Å². The number of hydrogen-bond acceptors (Lipinski definition) is 6. The molecule has 4 rings (SSSR count). The van der Waals surface area contributed by atoms with Gasteiger partial charge in [0.25, 0.3) is 10.0 Å². The smallest absolute Gasteiger partial charge is 0.336 e. The first-order valence-electron chi connectivity index (χ1n) is 12.1. The molecule has 3 aromatic rings. The van der Waals surface area contributed by atoms with Gasteiger partial charge in [0.1, 0.15) is 5.82 Å². The Hall–Kier alpha value is -3.31. The minimum absolute atomic E-state index is 0.00974. The second-order valence-electron chi connectivity index (χ2n) is 9.75. The van der Waals surface area contributed by atoms with Crippen molar-refractivity contribution in [3.8, 4) is 0 Å². The van der Waals surface area contributed by atoms with Crippen LogP contribution >= 0.6 is 0 Å². The maximum atomic E-state index is 13.6. The second kappa shape index (κ2) is 10.6. The van der Waals surface area contributed by atoms with Crippen LogP contribution in [0, 0.1) is 17.6 Å². The Bertz CT molecular complexity index is 1420. The third-order valence-electron chi connectivity index (χ3n) is 6.55. The number of nitrogens with one attached hydrogen (secondary N) is 1. The number of nitrogens with zero attached hydrogens (tertiary/aromatic N) is 3. The van der Waals surface area contributed by atoms with Crippen molar-refractivity contribution in [3.05, 3.63) is 59.7 Å². The van der Waals surface area contributed by atoms with E-state index in [0.29, 0.717) is 42.5 Å². The van der Waals surface area contributed by atoms with Gasteiger partial charge in [0.2, 0.25) is 0 Å². The lowest BCUT2D eigenvalue weighted by atomic mass is 10.0. The molecule has 8 nitrogen and oxygen atoms in total. The molecule has 198 valence electrons. The number of benzene rings is 2. The van der Waals surface area contributed by atoms with Crippen LogP contribution in [0.2, 0.25) is 0 Å². The monoisotopic (exact) mass is 532 g/mol. The maximum Gasteiger partial charge on any atom is 0.336 e. The Morgan fingerprint density at radius 3 is 2.35 bits per heavy atom. The molecule has 2 N–H and O–H groups in total. The van der Waals surface area contributed by atoms with E-state index in [0.717, 1.165) is 31.6 Å². The molecular formula is C26H30F2N4O4S. The Morgan fingerprint density at radius 2 is 1.73 bits per heavy atom. The third kappa shape index (κ3) is 5.99. The molecule has 1 aliphatic heterocycles. The quantitative estimate of drug-likeness (QED) is 0.438. The van der Waals surface area contributed by atoms with Crippen molar-refractivity contribution < 1.29 is 27.1 Å². The first-order chi connectivity index (χ1) is 17.4. The fraction of sp³-hybridized carbons (Fsp3) is 0.385. The number of aromatic carboxylic acids is 1. The normalized spacial score (nSPS) is 15.8. The van der Waals surface area contributed by atoms with Gasteiger partial charge in [0.15, 0.2) is 11.6 Å². The fourth-order valence-corrected chi connectivity index (χ4v) is 5.76. The first kappa shape index (κ1) is 26.7. The van der Waals surface area contributed by atoms with Crippen LogP contribution in [-0.4, -0.2) is 61.6 Å². The maximum absolute atomic E-state index is 13.6. The van der Waals surface area contributed by atoms with Gasteiger partial charge in [0.05, 0.1) is 16.0 Å². The van der Waals surface area contributed by atoms with E-state index in [9.17, 15) is 27.1 Å². The third-order valence-corrected chi connectivity index (χ3v) is 7.93. The molecule has 0 spiro atoms. The van der Waals surface area contributed by atoms with Crippen molar-refractivity contribution in [2.75, 3.05) is 35.8 Å². The minimum Gasteiger partial charge on any atom is -0.478 e. The van der Waals surface area contributed by atoms with Crippen LogP contribution in [0.25, 0.3) is 10.9 Å². The summed E-state index contributed by atoms with van der Waals surface area (Å²) in [7, 11) is -4.24. The summed E-state index contributed by atoms with van der Waals surface area (Å²) in [5.74, 6) is -2.46. The summed E-state index contributed by atoms with van der Waals surface area (Å²) in [6.07, 6.45) is 1.11. The molecule has 11 heteroatoms. The molecule has 0 amide bonds. The average Bonchev–Trinajstić information content (AvgIpc) is 2.84. The number of halogens is 2. The molecule has 0 saturated carbocycles. The lowest BCUT2D eigenvalue weighted by Gasteiger charge is -2.39. The highest BCUT2D eigenvalue weighted by Gasteiger charge is 2.24. The van der Waals surface area contributed by atoms with Crippen molar-refractivity contribution in [2.45, 2.75) is 38.1 Å². The Labute approximate surface area is 215 Å². The summed E-state index contributed by atoms with van der Waals surface area (Å²) in [5, 5.41) is 10.1. The number of carboxylic acid groups (broad SMARTS) is 1. The SMILES string of the molecule is CC(C)CC(C)N1CCN(c2cc(C(=O)O)c3cc(NS(=O)(=O)c4ccc(F)c(F)c4)ccc3n2)CC1. The zero-order valence-corrected chi connectivity index (χ0v) is 21.7. The first-order valence-corrected chi connectivity index (χ1v) is 13.6. The summed E-state index contributed by atoms with van der Waals surface area (Å²) in [5.41, 5.74) is 0.466. The average molecular weight is 533 g/mol. The molecule has 1 unspecified atom stereocenters. The molecule has 1 aliphatic rings. The van der Waals surface area contributed by atoms with Crippen LogP contribution in [0.5, 0.6) is 0 Å². The van der Waals surface area contributed by atoms with Crippen LogP contribution < -0.4 is 9.62 Å². The van der Waals surface area contributed by atoms with Crippen molar-refractivity contribution in [1.82, 2.24) is 9.88 Å². The number of carboxylic acids is 1. The van der Waals surface area contributed by atoms with E-state index >= 15 is 0 Å². The summed E-state index contributed by atoms with van der Waals surface area (Å²) in [6.45, 7) is 9.76. The summed E-state index contributed by atoms with van der Waals surface area (Å²) >= 11 is 0. The van der Waals surface area contributed by atoms with Crippen molar-refractivity contribution in [1.29, 1.82) is 0 Å². The predicted octanol–water partition coefficient (Wildman–Crippen LogP) is 4.57. The number of fused-ring (bicyclic) bond motifs is 1. The fourth-order valence-electron chi connectivity index (χ4n) is 4.70. The Morgan fingerprint density at radius 1 is 1.03 bits per heavy atom. The molecule has 2 aromatic carbocycles. The molecule has 1 fully saturated rings. The summed E-state index contributed by atoms with van der Waals surface area (Å²) < 4.78 is 54.4. The molecule has 1 aromatic heterocycles. The van der Waals surface area contributed by atoms with Crippen molar-refractivity contribution >= 4 is 38.4 Å². The molecule has 0 aliphatic carbocycles. The number of piperazine rings is 1. The van der Waals surface area contributed by atoms with Gasteiger partial charge in [-0.2, -0.15) is 0 Å². The Balaban J connectivity index is 1.59. The molecule has 1 atom stereocenters. The van der Waals surface area contributed by atoms with Gasteiger partial charge in [-0.05, 0) is 61.7 Å². The topological polar surface area (TPSA) is 103 Å². The van der Waals surface area contributed by atoms with Gasteiger partial charge < -0.3 is 10.0 Å². The van der Waals surface area contributed by atoms with Crippen LogP contribution in [0.15, 0.2) is 47.4 Å². The van der Waals surface area contributed by atoms with Gasteiger partial charge in [-0.1, -0.05) is 13.8 Å². The molecule has 1 saturated heterocycles. The van der Waals surface area contributed by atoms with Gasteiger partial charge in [0, 0.05) is 43.3 Å². The van der Waals surface area contributed by atoms with Crippen molar-refractivity contribution in [2.24, 2.45) is 5.92 Å². The minimum atomic E-state index is -4.24. The lowest BCUT2D eigenvalue weighted by molar-refractivity contribution is 0.0699. The van der Waals surface area contributed by atoms with Crippen LogP contribution in [0.4, 0.5) is 20.3 Å².